The molecule has 2 aliphatic carbocycles. The lowest BCUT2D eigenvalue weighted by Gasteiger charge is -2.26. The Morgan fingerprint density at radius 2 is 1.83 bits per heavy atom. The van der Waals surface area contributed by atoms with Gasteiger partial charge in [-0.15, -0.1) is 13.2 Å². The Labute approximate surface area is 144 Å². The normalized spacial score (nSPS) is 26.3. The van der Waals surface area contributed by atoms with Crippen molar-refractivity contribution in [3.63, 3.8) is 0 Å². The zero-order valence-electron chi connectivity index (χ0n) is 16.2. The number of hydrogen-bond donors (Lipinski definition) is 0. The van der Waals surface area contributed by atoms with E-state index >= 15 is 0 Å². The van der Waals surface area contributed by atoms with Crippen molar-refractivity contribution in [1.29, 1.82) is 0 Å². The van der Waals surface area contributed by atoms with Crippen LogP contribution in [0, 0.1) is 18.8 Å². The molecule has 3 atom stereocenters. The molecule has 0 aromatic heterocycles. The van der Waals surface area contributed by atoms with Crippen LogP contribution in [0.25, 0.3) is 0 Å². The smallest absolute Gasteiger partial charge is 0.00274 e. The molecule has 0 saturated heterocycles. The highest BCUT2D eigenvalue weighted by atomic mass is 14.6. The number of hydrogen-bond acceptors (Lipinski definition) is 0. The molecule has 2 aliphatic rings. The number of benzene rings is 1. The van der Waals surface area contributed by atoms with Gasteiger partial charge in [0.05, 0.1) is 0 Å². The summed E-state index contributed by atoms with van der Waals surface area (Å²) in [6, 6.07) is 4.66. The van der Waals surface area contributed by atoms with Crippen LogP contribution in [0.1, 0.15) is 69.7 Å². The first-order chi connectivity index (χ1) is 11.1. The fraction of sp³-hybridized carbons (Fsp3) is 0.565. The lowest BCUT2D eigenvalue weighted by atomic mass is 9.79. The van der Waals surface area contributed by atoms with Gasteiger partial charge in [0, 0.05) is 5.41 Å². The van der Waals surface area contributed by atoms with E-state index in [4.69, 9.17) is 0 Å². The average Bonchev–Trinajstić information content (AvgIpc) is 3.17. The second-order valence-corrected chi connectivity index (χ2v) is 6.78. The van der Waals surface area contributed by atoms with E-state index in [0.29, 0.717) is 11.3 Å². The van der Waals surface area contributed by atoms with Crippen LogP contribution < -0.4 is 0 Å². The van der Waals surface area contributed by atoms with E-state index in [1.54, 1.807) is 11.1 Å². The predicted octanol–water partition coefficient (Wildman–Crippen LogP) is 6.80. The molecule has 0 amide bonds. The first-order valence-electron chi connectivity index (χ1n) is 9.41. The van der Waals surface area contributed by atoms with Crippen molar-refractivity contribution >= 4 is 0 Å². The van der Waals surface area contributed by atoms with Crippen molar-refractivity contribution in [2.24, 2.45) is 11.8 Å². The van der Waals surface area contributed by atoms with Crippen LogP contribution >= 0.6 is 0 Å². The highest BCUT2D eigenvalue weighted by Crippen LogP contribution is 2.65. The van der Waals surface area contributed by atoms with Crippen LogP contribution in [-0.2, 0) is 18.3 Å². The van der Waals surface area contributed by atoms with Gasteiger partial charge in [0.1, 0.15) is 0 Å². The zero-order chi connectivity index (χ0) is 17.6. The van der Waals surface area contributed by atoms with Gasteiger partial charge < -0.3 is 0 Å². The lowest BCUT2D eigenvalue weighted by molar-refractivity contribution is 0.568. The summed E-state index contributed by atoms with van der Waals surface area (Å²) in [4.78, 5) is 0. The summed E-state index contributed by atoms with van der Waals surface area (Å²) >= 11 is 0. The molecule has 0 heterocycles. The molecule has 1 aromatic carbocycles. The van der Waals surface area contributed by atoms with E-state index < -0.39 is 0 Å². The van der Waals surface area contributed by atoms with Crippen LogP contribution in [-0.4, -0.2) is 0 Å². The minimum Gasteiger partial charge on any atom is -0.103 e. The summed E-state index contributed by atoms with van der Waals surface area (Å²) in [5.41, 5.74) is 6.52. The molecule has 1 fully saturated rings. The summed E-state index contributed by atoms with van der Waals surface area (Å²) in [5, 5.41) is 0. The maximum Gasteiger partial charge on any atom is 0.00274 e. The van der Waals surface area contributed by atoms with Gasteiger partial charge in [0.2, 0.25) is 0 Å². The third-order valence-electron chi connectivity index (χ3n) is 5.34. The van der Waals surface area contributed by atoms with Crippen molar-refractivity contribution in [3.8, 4) is 0 Å². The fourth-order valence-corrected chi connectivity index (χ4v) is 4.23. The zero-order valence-corrected chi connectivity index (χ0v) is 16.2. The molecule has 0 spiro atoms. The standard InChI is InChI=1S/C18H22.C3H8.C2H6/c1-5-7-13-12(3)8-10-16-14(13)9-11-17-15(6-2)18(16,17)4;1-3-2;1-2/h5-6,8,10,15,17H,1-2,7,9,11H2,3-4H3;3H2,1-2H3;1-2H3. The summed E-state index contributed by atoms with van der Waals surface area (Å²) in [5.74, 6) is 1.53. The Morgan fingerprint density at radius 1 is 1.22 bits per heavy atom. The Balaban J connectivity index is 0.000000477. The van der Waals surface area contributed by atoms with Crippen molar-refractivity contribution in [3.05, 3.63) is 59.7 Å². The van der Waals surface area contributed by atoms with E-state index in [1.807, 2.05) is 19.9 Å². The van der Waals surface area contributed by atoms with Gasteiger partial charge in [0.15, 0.2) is 0 Å². The summed E-state index contributed by atoms with van der Waals surface area (Å²) in [6.07, 6.45) is 9.04. The Morgan fingerprint density at radius 3 is 2.35 bits per heavy atom. The predicted molar refractivity (Wildman–Crippen MR) is 105 cm³/mol. The van der Waals surface area contributed by atoms with E-state index in [2.05, 4.69) is 59.1 Å². The molecule has 0 N–H and O–H groups in total. The van der Waals surface area contributed by atoms with E-state index in [9.17, 15) is 0 Å². The Kier molecular flexibility index (Phi) is 7.32. The third-order valence-corrected chi connectivity index (χ3v) is 5.34. The van der Waals surface area contributed by atoms with Crippen LogP contribution in [0.5, 0.6) is 0 Å². The van der Waals surface area contributed by atoms with Crippen LogP contribution in [0.2, 0.25) is 0 Å². The Bertz CT molecular complexity index is 537. The molecule has 1 saturated carbocycles. The van der Waals surface area contributed by atoms with Crippen molar-refractivity contribution in [2.45, 2.75) is 72.6 Å². The first-order valence-corrected chi connectivity index (χ1v) is 9.41. The molecule has 0 nitrogen and oxygen atoms in total. The van der Waals surface area contributed by atoms with Crippen molar-refractivity contribution in [1.82, 2.24) is 0 Å². The molecular formula is C23H36. The number of allylic oxidation sites excluding steroid dienone is 2. The minimum absolute atomic E-state index is 0.374. The summed E-state index contributed by atoms with van der Waals surface area (Å²) in [6.45, 7) is 20.8. The van der Waals surface area contributed by atoms with Gasteiger partial charge in [-0.1, -0.05) is 65.3 Å². The quantitative estimate of drug-likeness (QED) is 0.538. The number of rotatable bonds is 3. The average molecular weight is 313 g/mol. The molecule has 1 aromatic rings. The van der Waals surface area contributed by atoms with E-state index in [1.165, 1.54) is 30.4 Å². The number of aryl methyl sites for hydroxylation is 1. The highest BCUT2D eigenvalue weighted by Gasteiger charge is 2.62. The van der Waals surface area contributed by atoms with E-state index in [0.717, 1.165) is 12.3 Å². The molecule has 3 unspecified atom stereocenters. The summed E-state index contributed by atoms with van der Waals surface area (Å²) in [7, 11) is 0. The monoisotopic (exact) mass is 312 g/mol. The van der Waals surface area contributed by atoms with Gasteiger partial charge in [-0.3, -0.25) is 0 Å². The van der Waals surface area contributed by atoms with Gasteiger partial charge in [-0.2, -0.15) is 0 Å². The molecule has 3 rings (SSSR count). The van der Waals surface area contributed by atoms with Crippen molar-refractivity contribution < 1.29 is 0 Å². The van der Waals surface area contributed by atoms with Gasteiger partial charge in [-0.05, 0) is 60.3 Å². The van der Waals surface area contributed by atoms with Gasteiger partial charge in [-0.25, -0.2) is 0 Å². The summed E-state index contributed by atoms with van der Waals surface area (Å²) < 4.78 is 0. The van der Waals surface area contributed by atoms with Crippen LogP contribution in [0.15, 0.2) is 37.4 Å². The highest BCUT2D eigenvalue weighted by molar-refractivity contribution is 5.52. The van der Waals surface area contributed by atoms with Gasteiger partial charge in [0.25, 0.3) is 0 Å². The molecule has 23 heavy (non-hydrogen) atoms. The fourth-order valence-electron chi connectivity index (χ4n) is 4.23. The molecule has 0 bridgehead atoms. The van der Waals surface area contributed by atoms with Gasteiger partial charge >= 0.3 is 0 Å². The van der Waals surface area contributed by atoms with Crippen molar-refractivity contribution in [2.75, 3.05) is 0 Å². The SMILES string of the molecule is C=CCc1c(C)ccc2c1CCC1C(C=C)C21C.CC.CCC. The first kappa shape index (κ1) is 19.7. The molecule has 0 aliphatic heterocycles. The second-order valence-electron chi connectivity index (χ2n) is 6.78. The molecular weight excluding hydrogens is 276 g/mol. The minimum atomic E-state index is 0.374. The van der Waals surface area contributed by atoms with Crippen LogP contribution in [0.3, 0.4) is 0 Å². The lowest BCUT2D eigenvalue weighted by Crippen LogP contribution is -2.17. The largest absolute Gasteiger partial charge is 0.103 e. The molecule has 0 radical (unpaired) electrons. The maximum atomic E-state index is 4.03. The topological polar surface area (TPSA) is 0 Å². The maximum absolute atomic E-state index is 4.03. The molecule has 0 heteroatoms. The van der Waals surface area contributed by atoms with E-state index in [-0.39, 0.29) is 0 Å². The second kappa shape index (κ2) is 8.52. The molecule has 128 valence electrons. The third kappa shape index (κ3) is 3.47. The Hall–Kier alpha value is -1.30. The number of fused-ring (bicyclic) bond motifs is 3. The van der Waals surface area contributed by atoms with Crippen LogP contribution in [0.4, 0.5) is 0 Å².